The predicted octanol–water partition coefficient (Wildman–Crippen LogP) is 7.32. The van der Waals surface area contributed by atoms with Gasteiger partial charge in [-0.3, -0.25) is 13.9 Å². The summed E-state index contributed by atoms with van der Waals surface area (Å²) >= 11 is 19.2. The molecule has 0 spiro atoms. The van der Waals surface area contributed by atoms with E-state index in [1.165, 1.54) is 29.2 Å². The van der Waals surface area contributed by atoms with Crippen LogP contribution in [0.1, 0.15) is 30.0 Å². The first kappa shape index (κ1) is 34.3. The zero-order chi connectivity index (χ0) is 32.6. The Morgan fingerprint density at radius 3 is 2.04 bits per heavy atom. The van der Waals surface area contributed by atoms with E-state index in [0.29, 0.717) is 33.6 Å². The third kappa shape index (κ3) is 8.79. The Labute approximate surface area is 279 Å². The van der Waals surface area contributed by atoms with E-state index in [4.69, 9.17) is 34.8 Å². The van der Waals surface area contributed by atoms with Crippen LogP contribution in [0.2, 0.25) is 15.1 Å². The summed E-state index contributed by atoms with van der Waals surface area (Å²) in [7, 11) is -4.23. The van der Waals surface area contributed by atoms with Gasteiger partial charge in [-0.15, -0.1) is 0 Å². The van der Waals surface area contributed by atoms with Crippen molar-refractivity contribution in [2.75, 3.05) is 17.4 Å². The maximum Gasteiger partial charge on any atom is 0.264 e. The maximum atomic E-state index is 14.5. The summed E-state index contributed by atoms with van der Waals surface area (Å²) in [5.74, 6) is -0.999. The summed E-state index contributed by atoms with van der Waals surface area (Å²) in [6.45, 7) is 3.45. The molecule has 11 heteroatoms. The van der Waals surface area contributed by atoms with Gasteiger partial charge < -0.3 is 10.2 Å². The fourth-order valence-corrected chi connectivity index (χ4v) is 6.80. The van der Waals surface area contributed by atoms with Crippen LogP contribution in [-0.4, -0.2) is 44.3 Å². The zero-order valence-corrected chi connectivity index (χ0v) is 28.0. The molecule has 0 radical (unpaired) electrons. The van der Waals surface area contributed by atoms with Gasteiger partial charge in [0.1, 0.15) is 12.6 Å². The molecule has 0 bridgehead atoms. The second kappa shape index (κ2) is 15.6. The van der Waals surface area contributed by atoms with Gasteiger partial charge in [-0.2, -0.15) is 0 Å². The van der Waals surface area contributed by atoms with Crippen molar-refractivity contribution in [2.24, 2.45) is 0 Å². The van der Waals surface area contributed by atoms with E-state index in [1.54, 1.807) is 42.5 Å². The second-order valence-electron chi connectivity index (χ2n) is 10.5. The smallest absolute Gasteiger partial charge is 0.264 e. The molecular formula is C34H34Cl3N3O4S. The van der Waals surface area contributed by atoms with E-state index in [-0.39, 0.29) is 29.5 Å². The van der Waals surface area contributed by atoms with Gasteiger partial charge in [0.05, 0.1) is 10.6 Å². The quantitative estimate of drug-likeness (QED) is 0.160. The van der Waals surface area contributed by atoms with Crippen molar-refractivity contribution in [1.82, 2.24) is 10.2 Å². The molecule has 0 aromatic heterocycles. The number of halogens is 3. The number of nitrogens with one attached hydrogen (secondary N) is 1. The molecular weight excluding hydrogens is 653 g/mol. The number of carbonyl (C=O) groups is 2. The fourth-order valence-electron chi connectivity index (χ4n) is 4.75. The standard InChI is InChI=1S/C34H34Cl3N3O4S/c1-3-20-38-34(42)32(21-25-8-5-4-6-9-25)39(22-29-30(36)10-7-11-31(29)37)33(41)23-40(27-16-14-26(35)15-17-27)45(43,44)28-18-12-24(2)13-19-28/h4-19,32H,3,20-23H2,1-2H3,(H,38,42)/t32-/m0/s1. The number of carbonyl (C=O) groups excluding carboxylic acids is 2. The molecule has 0 aliphatic rings. The number of benzene rings is 4. The lowest BCUT2D eigenvalue weighted by Gasteiger charge is -2.34. The predicted molar refractivity (Wildman–Crippen MR) is 181 cm³/mol. The Morgan fingerprint density at radius 2 is 1.44 bits per heavy atom. The molecule has 0 aliphatic heterocycles. The number of amides is 2. The molecule has 0 heterocycles. The summed E-state index contributed by atoms with van der Waals surface area (Å²) in [5, 5.41) is 3.94. The SMILES string of the molecule is CCCNC(=O)[C@H](Cc1ccccc1)N(Cc1c(Cl)cccc1Cl)C(=O)CN(c1ccc(Cl)cc1)S(=O)(=O)c1ccc(C)cc1. The first-order chi connectivity index (χ1) is 21.5. The van der Waals surface area contributed by atoms with Crippen molar-refractivity contribution in [3.05, 3.63) is 129 Å². The van der Waals surface area contributed by atoms with E-state index in [2.05, 4.69) is 5.32 Å². The Morgan fingerprint density at radius 1 is 0.822 bits per heavy atom. The molecule has 0 fully saturated rings. The van der Waals surface area contributed by atoms with Crippen LogP contribution in [0, 0.1) is 6.92 Å². The number of anilines is 1. The molecule has 236 valence electrons. The molecule has 7 nitrogen and oxygen atoms in total. The van der Waals surface area contributed by atoms with E-state index >= 15 is 0 Å². The number of sulfonamides is 1. The van der Waals surface area contributed by atoms with Gasteiger partial charge in [0.15, 0.2) is 0 Å². The molecule has 1 atom stereocenters. The summed E-state index contributed by atoms with van der Waals surface area (Å²) in [6.07, 6.45) is 0.864. The van der Waals surface area contributed by atoms with Gasteiger partial charge >= 0.3 is 0 Å². The van der Waals surface area contributed by atoms with Crippen LogP contribution >= 0.6 is 34.8 Å². The molecule has 45 heavy (non-hydrogen) atoms. The first-order valence-corrected chi connectivity index (χ1v) is 17.0. The van der Waals surface area contributed by atoms with Gasteiger partial charge in [-0.05, 0) is 67.4 Å². The highest BCUT2D eigenvalue weighted by atomic mass is 35.5. The molecule has 1 N–H and O–H groups in total. The fraction of sp³-hybridized carbons (Fsp3) is 0.235. The van der Waals surface area contributed by atoms with E-state index in [0.717, 1.165) is 15.4 Å². The van der Waals surface area contributed by atoms with Crippen LogP contribution < -0.4 is 9.62 Å². The summed E-state index contributed by atoms with van der Waals surface area (Å²) in [6, 6.07) is 25.8. The Balaban J connectivity index is 1.82. The molecule has 2 amide bonds. The van der Waals surface area contributed by atoms with Gasteiger partial charge in [0.2, 0.25) is 11.8 Å². The Bertz CT molecular complexity index is 1700. The molecule has 4 aromatic carbocycles. The van der Waals surface area contributed by atoms with Crippen LogP contribution in [0.4, 0.5) is 5.69 Å². The average Bonchev–Trinajstić information content (AvgIpc) is 3.02. The second-order valence-corrected chi connectivity index (χ2v) is 13.6. The van der Waals surface area contributed by atoms with Crippen LogP contribution in [-0.2, 0) is 32.6 Å². The number of aryl methyl sites for hydroxylation is 1. The summed E-state index contributed by atoms with van der Waals surface area (Å²) in [4.78, 5) is 29.6. The average molecular weight is 687 g/mol. The monoisotopic (exact) mass is 685 g/mol. The van der Waals surface area contributed by atoms with E-state index < -0.39 is 28.5 Å². The number of nitrogens with zero attached hydrogens (tertiary/aromatic N) is 2. The molecule has 0 aliphatic carbocycles. The van der Waals surface area contributed by atoms with Crippen molar-refractivity contribution < 1.29 is 18.0 Å². The van der Waals surface area contributed by atoms with Crippen molar-refractivity contribution in [3.8, 4) is 0 Å². The minimum atomic E-state index is -4.23. The van der Waals surface area contributed by atoms with Gasteiger partial charge in [-0.1, -0.05) is 95.8 Å². The highest BCUT2D eigenvalue weighted by Crippen LogP contribution is 2.29. The molecule has 0 unspecified atom stereocenters. The molecule has 0 saturated heterocycles. The Kier molecular flexibility index (Phi) is 11.9. The lowest BCUT2D eigenvalue weighted by molar-refractivity contribution is -0.140. The number of hydrogen-bond acceptors (Lipinski definition) is 4. The highest BCUT2D eigenvalue weighted by Gasteiger charge is 2.35. The molecule has 0 saturated carbocycles. The maximum absolute atomic E-state index is 14.5. The van der Waals surface area contributed by atoms with E-state index in [9.17, 15) is 18.0 Å². The van der Waals surface area contributed by atoms with Crippen LogP contribution in [0.3, 0.4) is 0 Å². The molecule has 4 aromatic rings. The van der Waals surface area contributed by atoms with Crippen molar-refractivity contribution in [3.63, 3.8) is 0 Å². The normalized spacial score (nSPS) is 11.9. The van der Waals surface area contributed by atoms with Gasteiger partial charge in [0.25, 0.3) is 10.0 Å². The Hall–Kier alpha value is -3.56. The lowest BCUT2D eigenvalue weighted by atomic mass is 10.0. The van der Waals surface area contributed by atoms with Crippen molar-refractivity contribution >= 4 is 62.3 Å². The zero-order valence-electron chi connectivity index (χ0n) is 24.9. The minimum absolute atomic E-state index is 0.0121. The van der Waals surface area contributed by atoms with Crippen molar-refractivity contribution in [1.29, 1.82) is 0 Å². The van der Waals surface area contributed by atoms with Gasteiger partial charge in [-0.25, -0.2) is 8.42 Å². The third-order valence-corrected chi connectivity index (χ3v) is 9.96. The van der Waals surface area contributed by atoms with Crippen molar-refractivity contribution in [2.45, 2.75) is 44.2 Å². The third-order valence-electron chi connectivity index (χ3n) is 7.21. The largest absolute Gasteiger partial charge is 0.354 e. The number of rotatable bonds is 13. The first-order valence-electron chi connectivity index (χ1n) is 14.4. The summed E-state index contributed by atoms with van der Waals surface area (Å²) in [5.41, 5.74) is 2.38. The lowest BCUT2D eigenvalue weighted by Crippen LogP contribution is -2.53. The summed E-state index contributed by atoms with van der Waals surface area (Å²) < 4.78 is 29.2. The number of hydrogen-bond donors (Lipinski definition) is 1. The minimum Gasteiger partial charge on any atom is -0.354 e. The van der Waals surface area contributed by atoms with Gasteiger partial charge in [0, 0.05) is 40.1 Å². The van der Waals surface area contributed by atoms with E-state index in [1.807, 2.05) is 44.2 Å². The highest BCUT2D eigenvalue weighted by molar-refractivity contribution is 7.92. The van der Waals surface area contributed by atoms with Crippen LogP contribution in [0.25, 0.3) is 0 Å². The van der Waals surface area contributed by atoms with Crippen LogP contribution in [0.5, 0.6) is 0 Å². The topological polar surface area (TPSA) is 86.8 Å². The molecule has 4 rings (SSSR count). The van der Waals surface area contributed by atoms with Crippen LogP contribution in [0.15, 0.2) is 102 Å².